The minimum absolute atomic E-state index is 0.0191. The molecule has 0 fully saturated rings. The quantitative estimate of drug-likeness (QED) is 0.0501. The van der Waals surface area contributed by atoms with Gasteiger partial charge in [-0.25, -0.2) is 0 Å². The molecule has 0 unspecified atom stereocenters. The van der Waals surface area contributed by atoms with Crippen LogP contribution in [0.1, 0.15) is 148 Å². The normalized spacial score (nSPS) is 11.3. The summed E-state index contributed by atoms with van der Waals surface area (Å²) in [5, 5.41) is 14.1. The summed E-state index contributed by atoms with van der Waals surface area (Å²) >= 11 is 0. The van der Waals surface area contributed by atoms with Crippen molar-refractivity contribution in [2.45, 2.75) is 142 Å². The number of rotatable bonds is 24. The summed E-state index contributed by atoms with van der Waals surface area (Å²) in [6.07, 6.45) is 25.9. The van der Waals surface area contributed by atoms with Crippen molar-refractivity contribution in [2.75, 3.05) is 6.61 Å². The number of phenols is 1. The lowest BCUT2D eigenvalue weighted by Crippen LogP contribution is -2.07. The molecule has 1 aromatic rings. The molecule has 0 aliphatic carbocycles. The van der Waals surface area contributed by atoms with Gasteiger partial charge in [-0.1, -0.05) is 122 Å². The minimum atomic E-state index is -0.249. The molecule has 0 atom stereocenters. The van der Waals surface area contributed by atoms with Gasteiger partial charge >= 0.3 is 5.97 Å². The van der Waals surface area contributed by atoms with E-state index < -0.39 is 0 Å². The van der Waals surface area contributed by atoms with Gasteiger partial charge in [0.05, 0.1) is 6.21 Å². The Bertz CT molecular complexity index is 689. The smallest absolute Gasteiger partial charge is 0.311 e. The van der Waals surface area contributed by atoms with Gasteiger partial charge in [-0.15, -0.1) is 0 Å². The number of oxime groups is 1. The highest BCUT2D eigenvalue weighted by Gasteiger charge is 2.07. The number of benzene rings is 1. The predicted molar refractivity (Wildman–Crippen MR) is 151 cm³/mol. The molecule has 1 aromatic carbocycles. The SMILES string of the molecule is CCCCCCCCCCCCCCCCCC(=O)Oc1ccc(/C=N/OCCCCCC)c(O)c1. The first-order chi connectivity index (χ1) is 17.7. The Balaban J connectivity index is 2.02. The van der Waals surface area contributed by atoms with Gasteiger partial charge in [-0.05, 0) is 31.4 Å². The van der Waals surface area contributed by atoms with E-state index in [2.05, 4.69) is 19.0 Å². The first-order valence-electron chi connectivity index (χ1n) is 14.9. The summed E-state index contributed by atoms with van der Waals surface area (Å²) in [7, 11) is 0. The van der Waals surface area contributed by atoms with Crippen LogP contribution in [0.3, 0.4) is 0 Å². The van der Waals surface area contributed by atoms with E-state index in [0.29, 0.717) is 24.3 Å². The number of carbonyl (C=O) groups is 1. The zero-order valence-corrected chi connectivity index (χ0v) is 23.3. The number of hydrogen-bond donors (Lipinski definition) is 1. The highest BCUT2D eigenvalue weighted by molar-refractivity contribution is 5.83. The van der Waals surface area contributed by atoms with Gasteiger partial charge in [0, 0.05) is 18.1 Å². The van der Waals surface area contributed by atoms with E-state index in [1.54, 1.807) is 12.1 Å². The van der Waals surface area contributed by atoms with Crippen molar-refractivity contribution in [3.8, 4) is 11.5 Å². The molecule has 5 nitrogen and oxygen atoms in total. The molecule has 5 heteroatoms. The molecule has 0 bridgehead atoms. The number of hydrogen-bond acceptors (Lipinski definition) is 5. The summed E-state index contributed by atoms with van der Waals surface area (Å²) in [5.41, 5.74) is 0.533. The third kappa shape index (κ3) is 18.3. The van der Waals surface area contributed by atoms with Crippen LogP contribution in [0, 0.1) is 0 Å². The lowest BCUT2D eigenvalue weighted by molar-refractivity contribution is -0.134. The van der Waals surface area contributed by atoms with E-state index in [1.165, 1.54) is 109 Å². The largest absolute Gasteiger partial charge is 0.507 e. The Morgan fingerprint density at radius 2 is 1.25 bits per heavy atom. The molecule has 1 rings (SSSR count). The summed E-state index contributed by atoms with van der Waals surface area (Å²) < 4.78 is 5.38. The second kappa shape index (κ2) is 23.4. The molecule has 36 heavy (non-hydrogen) atoms. The van der Waals surface area contributed by atoms with Crippen LogP contribution in [-0.2, 0) is 9.63 Å². The number of esters is 1. The number of ether oxygens (including phenoxy) is 1. The van der Waals surface area contributed by atoms with Crippen LogP contribution in [0.5, 0.6) is 11.5 Å². The number of aromatic hydroxyl groups is 1. The third-order valence-electron chi connectivity index (χ3n) is 6.57. The molecule has 0 radical (unpaired) electrons. The van der Waals surface area contributed by atoms with Gasteiger partial charge in [0.1, 0.15) is 18.1 Å². The summed E-state index contributed by atoms with van der Waals surface area (Å²) in [5.74, 6) is 0.127. The maximum absolute atomic E-state index is 12.1. The fraction of sp³-hybridized carbons (Fsp3) is 0.742. The second-order valence-corrected chi connectivity index (χ2v) is 10.0. The molecule has 0 aliphatic rings. The number of carbonyl (C=O) groups excluding carboxylic acids is 1. The highest BCUT2D eigenvalue weighted by Crippen LogP contribution is 2.23. The molecule has 0 saturated carbocycles. The van der Waals surface area contributed by atoms with Crippen LogP contribution in [0.2, 0.25) is 0 Å². The van der Waals surface area contributed by atoms with Crippen molar-refractivity contribution in [3.05, 3.63) is 23.8 Å². The zero-order valence-electron chi connectivity index (χ0n) is 23.3. The second-order valence-electron chi connectivity index (χ2n) is 10.0. The van der Waals surface area contributed by atoms with Crippen LogP contribution in [-0.4, -0.2) is 23.9 Å². The summed E-state index contributed by atoms with van der Waals surface area (Å²) in [4.78, 5) is 17.3. The molecule has 1 N–H and O–H groups in total. The standard InChI is InChI=1S/C31H53NO4/c1-3-5-7-9-10-11-12-13-14-15-16-17-18-19-20-22-31(34)36-29-24-23-28(30(33)26-29)27-32-35-25-21-8-6-4-2/h23-24,26-27,33H,3-22,25H2,1-2H3/b32-27+. The van der Waals surface area contributed by atoms with Crippen molar-refractivity contribution in [1.29, 1.82) is 0 Å². The van der Waals surface area contributed by atoms with Crippen LogP contribution in [0.25, 0.3) is 0 Å². The van der Waals surface area contributed by atoms with Crippen LogP contribution in [0.4, 0.5) is 0 Å². The Kier molecular flexibility index (Phi) is 20.8. The molecule has 0 saturated heterocycles. The topological polar surface area (TPSA) is 68.1 Å². The van der Waals surface area contributed by atoms with Crippen LogP contribution < -0.4 is 4.74 Å². The van der Waals surface area contributed by atoms with Gasteiger partial charge in [0.25, 0.3) is 0 Å². The van der Waals surface area contributed by atoms with E-state index in [9.17, 15) is 9.90 Å². The van der Waals surface area contributed by atoms with Crippen molar-refractivity contribution >= 4 is 12.2 Å². The molecular formula is C31H53NO4. The summed E-state index contributed by atoms with van der Waals surface area (Å²) in [6, 6.07) is 4.80. The monoisotopic (exact) mass is 503 g/mol. The Morgan fingerprint density at radius 1 is 0.750 bits per heavy atom. The van der Waals surface area contributed by atoms with Crippen molar-refractivity contribution in [2.24, 2.45) is 5.16 Å². The maximum atomic E-state index is 12.1. The summed E-state index contributed by atoms with van der Waals surface area (Å²) in [6.45, 7) is 5.02. The molecule has 0 aromatic heterocycles. The van der Waals surface area contributed by atoms with Crippen LogP contribution in [0.15, 0.2) is 23.4 Å². The van der Waals surface area contributed by atoms with Crippen molar-refractivity contribution in [1.82, 2.24) is 0 Å². The maximum Gasteiger partial charge on any atom is 0.311 e. The lowest BCUT2D eigenvalue weighted by Gasteiger charge is -2.06. The zero-order chi connectivity index (χ0) is 26.1. The Hall–Kier alpha value is -2.04. The van der Waals surface area contributed by atoms with Gasteiger partial charge < -0.3 is 14.7 Å². The third-order valence-corrected chi connectivity index (χ3v) is 6.57. The predicted octanol–water partition coefficient (Wildman–Crippen LogP) is 9.49. The molecule has 0 spiro atoms. The van der Waals surface area contributed by atoms with Crippen LogP contribution >= 0.6 is 0 Å². The fourth-order valence-corrected chi connectivity index (χ4v) is 4.26. The van der Waals surface area contributed by atoms with Crippen molar-refractivity contribution in [3.63, 3.8) is 0 Å². The van der Waals surface area contributed by atoms with E-state index >= 15 is 0 Å². The van der Waals surface area contributed by atoms with Gasteiger partial charge in [-0.2, -0.15) is 0 Å². The average molecular weight is 504 g/mol. The average Bonchev–Trinajstić information content (AvgIpc) is 2.87. The van der Waals surface area contributed by atoms with Crippen molar-refractivity contribution < 1.29 is 19.5 Å². The van der Waals surface area contributed by atoms with E-state index in [1.807, 2.05) is 0 Å². The number of phenolic OH excluding ortho intramolecular Hbond substituents is 1. The van der Waals surface area contributed by atoms with Gasteiger partial charge in [0.15, 0.2) is 0 Å². The lowest BCUT2D eigenvalue weighted by atomic mass is 10.0. The minimum Gasteiger partial charge on any atom is -0.507 e. The highest BCUT2D eigenvalue weighted by atomic mass is 16.6. The Morgan fingerprint density at radius 3 is 1.78 bits per heavy atom. The fourth-order valence-electron chi connectivity index (χ4n) is 4.26. The van der Waals surface area contributed by atoms with E-state index in [-0.39, 0.29) is 11.7 Å². The molecular weight excluding hydrogens is 450 g/mol. The molecule has 0 amide bonds. The number of unbranched alkanes of at least 4 members (excludes halogenated alkanes) is 17. The van der Waals surface area contributed by atoms with E-state index in [0.717, 1.165) is 25.7 Å². The molecule has 206 valence electrons. The molecule has 0 aliphatic heterocycles. The first-order valence-corrected chi connectivity index (χ1v) is 14.9. The Labute approximate surface area is 221 Å². The van der Waals surface area contributed by atoms with Gasteiger partial charge in [0.2, 0.25) is 0 Å². The first kappa shape index (κ1) is 32.0. The van der Waals surface area contributed by atoms with E-state index in [4.69, 9.17) is 9.57 Å². The molecule has 0 heterocycles. The van der Waals surface area contributed by atoms with Gasteiger partial charge in [-0.3, -0.25) is 4.79 Å². The number of nitrogens with zero attached hydrogens (tertiary/aromatic N) is 1.